The Morgan fingerprint density at radius 3 is 2.95 bits per heavy atom. The third-order valence-electron chi connectivity index (χ3n) is 2.81. The minimum absolute atomic E-state index is 0.279. The molecule has 6 heteroatoms. The highest BCUT2D eigenvalue weighted by Crippen LogP contribution is 2.18. The van der Waals surface area contributed by atoms with Crippen LogP contribution < -0.4 is 5.32 Å². The number of carbonyl (C=O) groups is 1. The maximum absolute atomic E-state index is 13.4. The van der Waals surface area contributed by atoms with Crippen LogP contribution in [0.4, 0.5) is 10.1 Å². The quantitative estimate of drug-likeness (QED) is 0.864. The summed E-state index contributed by atoms with van der Waals surface area (Å²) in [5.41, 5.74) is -0.0518. The first-order chi connectivity index (χ1) is 9.09. The number of nitrogens with one attached hydrogen (secondary N) is 1. The van der Waals surface area contributed by atoms with E-state index in [0.29, 0.717) is 13.0 Å². The highest BCUT2D eigenvalue weighted by Gasteiger charge is 2.15. The molecule has 1 heterocycles. The molecule has 0 unspecified atom stereocenters. The van der Waals surface area contributed by atoms with Gasteiger partial charge in [-0.15, -0.1) is 0 Å². The van der Waals surface area contributed by atoms with E-state index in [2.05, 4.69) is 10.3 Å². The van der Waals surface area contributed by atoms with Gasteiger partial charge >= 0.3 is 5.97 Å². The number of rotatable bonds is 5. The van der Waals surface area contributed by atoms with E-state index in [9.17, 15) is 9.18 Å². The fourth-order valence-corrected chi connectivity index (χ4v) is 1.84. The number of aromatic nitrogens is 2. The van der Waals surface area contributed by atoms with Gasteiger partial charge in [-0.2, -0.15) is 0 Å². The van der Waals surface area contributed by atoms with Crippen molar-refractivity contribution in [3.05, 3.63) is 47.8 Å². The second-order valence-electron chi connectivity index (χ2n) is 4.10. The van der Waals surface area contributed by atoms with E-state index >= 15 is 0 Å². The highest BCUT2D eigenvalue weighted by molar-refractivity contribution is 5.94. The van der Waals surface area contributed by atoms with Crippen LogP contribution in [0.25, 0.3) is 0 Å². The minimum atomic E-state index is -1.28. The number of halogens is 1. The smallest absolute Gasteiger partial charge is 0.340 e. The lowest BCUT2D eigenvalue weighted by Gasteiger charge is -2.10. The normalized spacial score (nSPS) is 10.4. The second-order valence-corrected chi connectivity index (χ2v) is 4.10. The number of imidazole rings is 1. The number of carboxylic acids is 1. The van der Waals surface area contributed by atoms with Crippen molar-refractivity contribution >= 4 is 11.7 Å². The molecule has 0 atom stereocenters. The molecule has 5 nitrogen and oxygen atoms in total. The van der Waals surface area contributed by atoms with E-state index in [-0.39, 0.29) is 11.3 Å². The van der Waals surface area contributed by atoms with Gasteiger partial charge in [-0.05, 0) is 12.1 Å². The average molecular weight is 263 g/mol. The standard InChI is InChI=1S/C13H14FN3O2/c1-17-8-7-16-11(17)5-6-15-10-4-2-3-9(14)12(10)13(18)19/h2-4,7-8,15H,5-6H2,1H3,(H,18,19). The van der Waals surface area contributed by atoms with Gasteiger partial charge in [-0.1, -0.05) is 6.07 Å². The van der Waals surface area contributed by atoms with Gasteiger partial charge in [0.15, 0.2) is 0 Å². The van der Waals surface area contributed by atoms with Crippen molar-refractivity contribution in [3.63, 3.8) is 0 Å². The van der Waals surface area contributed by atoms with Gasteiger partial charge in [0.2, 0.25) is 0 Å². The predicted octanol–water partition coefficient (Wildman–Crippen LogP) is 1.91. The predicted molar refractivity (Wildman–Crippen MR) is 68.8 cm³/mol. The Kier molecular flexibility index (Phi) is 3.79. The van der Waals surface area contributed by atoms with E-state index in [1.165, 1.54) is 6.07 Å². The van der Waals surface area contributed by atoms with Gasteiger partial charge in [0, 0.05) is 32.4 Å². The summed E-state index contributed by atoms with van der Waals surface area (Å²) in [4.78, 5) is 15.1. The number of carboxylic acid groups (broad SMARTS) is 1. The molecular weight excluding hydrogens is 249 g/mol. The van der Waals surface area contributed by atoms with Crippen LogP contribution in [0.1, 0.15) is 16.2 Å². The van der Waals surface area contributed by atoms with Crippen molar-refractivity contribution in [2.45, 2.75) is 6.42 Å². The molecule has 0 aliphatic rings. The largest absolute Gasteiger partial charge is 0.478 e. The van der Waals surface area contributed by atoms with Crippen molar-refractivity contribution in [1.82, 2.24) is 9.55 Å². The third kappa shape index (κ3) is 2.90. The Labute approximate surface area is 109 Å². The molecule has 2 N–H and O–H groups in total. The molecule has 100 valence electrons. The molecule has 0 radical (unpaired) electrons. The van der Waals surface area contributed by atoms with E-state index in [4.69, 9.17) is 5.11 Å². The Bertz CT molecular complexity index is 595. The van der Waals surface area contributed by atoms with E-state index < -0.39 is 11.8 Å². The van der Waals surface area contributed by atoms with Crippen molar-refractivity contribution < 1.29 is 14.3 Å². The molecule has 2 aromatic rings. The number of anilines is 1. The second kappa shape index (κ2) is 5.51. The summed E-state index contributed by atoms with van der Waals surface area (Å²) in [7, 11) is 1.88. The van der Waals surface area contributed by atoms with Gasteiger partial charge in [-0.3, -0.25) is 0 Å². The van der Waals surface area contributed by atoms with Gasteiger partial charge in [0.05, 0.1) is 5.69 Å². The lowest BCUT2D eigenvalue weighted by atomic mass is 10.1. The highest BCUT2D eigenvalue weighted by atomic mass is 19.1. The molecule has 0 bridgehead atoms. The van der Waals surface area contributed by atoms with Crippen LogP contribution in [0.15, 0.2) is 30.6 Å². The SMILES string of the molecule is Cn1ccnc1CCNc1cccc(F)c1C(=O)O. The molecule has 19 heavy (non-hydrogen) atoms. The summed E-state index contributed by atoms with van der Waals surface area (Å²) < 4.78 is 15.3. The summed E-state index contributed by atoms with van der Waals surface area (Å²) in [5.74, 6) is -1.15. The van der Waals surface area contributed by atoms with Crippen molar-refractivity contribution in [2.75, 3.05) is 11.9 Å². The molecule has 1 aromatic carbocycles. The van der Waals surface area contributed by atoms with Crippen LogP contribution in [-0.2, 0) is 13.5 Å². The zero-order valence-corrected chi connectivity index (χ0v) is 10.4. The maximum atomic E-state index is 13.4. The van der Waals surface area contributed by atoms with Gasteiger partial charge in [0.25, 0.3) is 0 Å². The third-order valence-corrected chi connectivity index (χ3v) is 2.81. The first-order valence-electron chi connectivity index (χ1n) is 5.81. The minimum Gasteiger partial charge on any atom is -0.478 e. The Balaban J connectivity index is 2.06. The fourth-order valence-electron chi connectivity index (χ4n) is 1.84. The van der Waals surface area contributed by atoms with Crippen LogP contribution in [0, 0.1) is 5.82 Å². The Morgan fingerprint density at radius 2 is 2.32 bits per heavy atom. The lowest BCUT2D eigenvalue weighted by molar-refractivity contribution is 0.0693. The molecule has 0 amide bonds. The number of aromatic carboxylic acids is 1. The maximum Gasteiger partial charge on any atom is 0.340 e. The number of nitrogens with zero attached hydrogens (tertiary/aromatic N) is 2. The summed E-state index contributed by atoms with van der Waals surface area (Å²) in [6.07, 6.45) is 4.15. The molecule has 0 saturated heterocycles. The zero-order valence-electron chi connectivity index (χ0n) is 10.4. The molecule has 0 fully saturated rings. The molecule has 1 aromatic heterocycles. The molecule has 0 aliphatic carbocycles. The molecule has 0 aliphatic heterocycles. The Morgan fingerprint density at radius 1 is 1.53 bits per heavy atom. The summed E-state index contributed by atoms with van der Waals surface area (Å²) >= 11 is 0. The van der Waals surface area contributed by atoms with E-state index in [1.54, 1.807) is 12.3 Å². The number of benzene rings is 1. The number of hydrogen-bond acceptors (Lipinski definition) is 3. The Hall–Kier alpha value is -2.37. The van der Waals surface area contributed by atoms with Crippen LogP contribution in [0.2, 0.25) is 0 Å². The van der Waals surface area contributed by atoms with Crippen LogP contribution in [0.5, 0.6) is 0 Å². The summed E-state index contributed by atoms with van der Waals surface area (Å²) in [6, 6.07) is 4.16. The van der Waals surface area contributed by atoms with E-state index in [1.807, 2.05) is 17.8 Å². The van der Waals surface area contributed by atoms with E-state index in [0.717, 1.165) is 11.9 Å². The topological polar surface area (TPSA) is 67.2 Å². The first kappa shape index (κ1) is 13.1. The summed E-state index contributed by atoms with van der Waals surface area (Å²) in [5, 5.41) is 11.9. The van der Waals surface area contributed by atoms with Crippen molar-refractivity contribution in [1.29, 1.82) is 0 Å². The summed E-state index contributed by atoms with van der Waals surface area (Å²) in [6.45, 7) is 0.481. The molecule has 2 rings (SSSR count). The van der Waals surface area contributed by atoms with Crippen LogP contribution in [-0.4, -0.2) is 27.2 Å². The fraction of sp³-hybridized carbons (Fsp3) is 0.231. The number of aryl methyl sites for hydroxylation is 1. The van der Waals surface area contributed by atoms with Crippen molar-refractivity contribution in [3.8, 4) is 0 Å². The molecule has 0 saturated carbocycles. The average Bonchev–Trinajstić information content (AvgIpc) is 2.75. The van der Waals surface area contributed by atoms with Crippen LogP contribution >= 0.6 is 0 Å². The molecule has 0 spiro atoms. The zero-order chi connectivity index (χ0) is 13.8. The van der Waals surface area contributed by atoms with Crippen LogP contribution in [0.3, 0.4) is 0 Å². The van der Waals surface area contributed by atoms with Gasteiger partial charge in [-0.25, -0.2) is 14.2 Å². The van der Waals surface area contributed by atoms with Gasteiger partial charge in [0.1, 0.15) is 17.2 Å². The van der Waals surface area contributed by atoms with Gasteiger partial charge < -0.3 is 15.0 Å². The lowest BCUT2D eigenvalue weighted by Crippen LogP contribution is -2.12. The first-order valence-corrected chi connectivity index (χ1v) is 5.81. The number of hydrogen-bond donors (Lipinski definition) is 2. The molecular formula is C13H14FN3O2. The monoisotopic (exact) mass is 263 g/mol. The van der Waals surface area contributed by atoms with Crippen molar-refractivity contribution in [2.24, 2.45) is 7.05 Å².